The van der Waals surface area contributed by atoms with Crippen molar-refractivity contribution in [2.45, 2.75) is 26.3 Å². The van der Waals surface area contributed by atoms with Gasteiger partial charge in [-0.05, 0) is 49.6 Å². The molecule has 3 aliphatic rings. The number of hydrogen-bond donors (Lipinski definition) is 1. The van der Waals surface area contributed by atoms with E-state index in [0.29, 0.717) is 23.4 Å². The third-order valence-corrected chi connectivity index (χ3v) is 9.77. The van der Waals surface area contributed by atoms with E-state index in [2.05, 4.69) is 5.32 Å². The van der Waals surface area contributed by atoms with E-state index in [1.165, 1.54) is 9.80 Å². The van der Waals surface area contributed by atoms with E-state index in [4.69, 9.17) is 12.2 Å². The lowest BCUT2D eigenvalue weighted by atomic mass is 10.1. The molecule has 0 bridgehead atoms. The Morgan fingerprint density at radius 2 is 1.86 bits per heavy atom. The molecular weight excluding hydrogens is 518 g/mol. The van der Waals surface area contributed by atoms with Gasteiger partial charge in [0.05, 0.1) is 33.7 Å². The number of benzene rings is 2. The van der Waals surface area contributed by atoms with E-state index in [1.807, 2.05) is 26.0 Å². The molecular formula is C25H23N3O5S3. The summed E-state index contributed by atoms with van der Waals surface area (Å²) in [7, 11) is -3.23. The Morgan fingerprint density at radius 3 is 2.56 bits per heavy atom. The second-order valence-corrected chi connectivity index (χ2v) is 12.9. The molecule has 2 aromatic rings. The zero-order valence-electron chi connectivity index (χ0n) is 19.6. The van der Waals surface area contributed by atoms with Gasteiger partial charge in [-0.1, -0.05) is 48.2 Å². The molecule has 0 spiro atoms. The summed E-state index contributed by atoms with van der Waals surface area (Å²) in [6, 6.07) is 12.0. The van der Waals surface area contributed by atoms with E-state index in [0.717, 1.165) is 22.9 Å². The molecule has 8 nitrogen and oxygen atoms in total. The fourth-order valence-corrected chi connectivity index (χ4v) is 7.82. The minimum atomic E-state index is -3.23. The van der Waals surface area contributed by atoms with Crippen LogP contribution in [0.1, 0.15) is 23.1 Å². The molecule has 0 aromatic heterocycles. The van der Waals surface area contributed by atoms with Crippen LogP contribution in [0.25, 0.3) is 5.57 Å². The Kier molecular flexibility index (Phi) is 6.26. The van der Waals surface area contributed by atoms with Gasteiger partial charge in [-0.25, -0.2) is 8.42 Å². The van der Waals surface area contributed by atoms with Crippen LogP contribution in [0, 0.1) is 13.8 Å². The fourth-order valence-electron chi connectivity index (χ4n) is 4.64. The first-order chi connectivity index (χ1) is 17.1. The molecule has 2 aromatic carbocycles. The quantitative estimate of drug-likeness (QED) is 0.469. The van der Waals surface area contributed by atoms with Crippen LogP contribution in [-0.2, 0) is 24.2 Å². The van der Waals surface area contributed by atoms with E-state index >= 15 is 0 Å². The highest BCUT2D eigenvalue weighted by atomic mass is 32.2. The molecule has 1 atom stereocenters. The number of sulfone groups is 1. The number of carbonyl (C=O) groups excluding carboxylic acids is 3. The van der Waals surface area contributed by atoms with Crippen LogP contribution < -0.4 is 10.2 Å². The summed E-state index contributed by atoms with van der Waals surface area (Å²) in [4.78, 5) is 42.7. The summed E-state index contributed by atoms with van der Waals surface area (Å²) in [5.74, 6) is -1.44. The average molecular weight is 542 g/mol. The van der Waals surface area contributed by atoms with Crippen LogP contribution in [0.3, 0.4) is 0 Å². The number of carbonyl (C=O) groups is 3. The minimum Gasteiger partial charge on any atom is -0.325 e. The highest BCUT2D eigenvalue weighted by molar-refractivity contribution is 8.26. The molecule has 5 rings (SSSR count). The van der Waals surface area contributed by atoms with Crippen molar-refractivity contribution in [2.75, 3.05) is 28.3 Å². The standard InChI is InChI=1S/C25H23N3O5S3/c1-14-7-8-16(11-15(14)2)26-20(29)12-27-19-6-4-3-5-18(19)21(23(27)30)22-24(31)28(25(34)35-22)17-9-10-36(32,33)13-17/h3-8,11,17H,9-10,12-13H2,1-2H3,(H,26,29)/b22-21-. The van der Waals surface area contributed by atoms with Crippen LogP contribution in [0.2, 0.25) is 0 Å². The Morgan fingerprint density at radius 1 is 1.11 bits per heavy atom. The molecule has 2 saturated heterocycles. The number of rotatable bonds is 4. The number of hydrogen-bond acceptors (Lipinski definition) is 7. The lowest BCUT2D eigenvalue weighted by Crippen LogP contribution is -2.39. The molecule has 0 aliphatic carbocycles. The number of thiocarbonyl (C=S) groups is 1. The molecule has 3 heterocycles. The second kappa shape index (κ2) is 9.13. The van der Waals surface area contributed by atoms with Crippen molar-refractivity contribution in [1.82, 2.24) is 4.90 Å². The lowest BCUT2D eigenvalue weighted by molar-refractivity contribution is -0.123. The maximum atomic E-state index is 13.6. The van der Waals surface area contributed by atoms with E-state index in [9.17, 15) is 22.8 Å². The third-order valence-electron chi connectivity index (χ3n) is 6.62. The lowest BCUT2D eigenvalue weighted by Gasteiger charge is -2.21. The number of anilines is 2. The first kappa shape index (κ1) is 24.7. The van der Waals surface area contributed by atoms with Gasteiger partial charge in [0.1, 0.15) is 10.9 Å². The summed E-state index contributed by atoms with van der Waals surface area (Å²) in [5.41, 5.74) is 4.03. The molecule has 186 valence electrons. The molecule has 2 fully saturated rings. The van der Waals surface area contributed by atoms with Crippen molar-refractivity contribution in [3.8, 4) is 0 Å². The van der Waals surface area contributed by atoms with Crippen molar-refractivity contribution in [2.24, 2.45) is 0 Å². The third kappa shape index (κ3) is 4.35. The first-order valence-electron chi connectivity index (χ1n) is 11.3. The summed E-state index contributed by atoms with van der Waals surface area (Å²) in [6.45, 7) is 3.71. The number of nitrogens with one attached hydrogen (secondary N) is 1. The zero-order valence-corrected chi connectivity index (χ0v) is 22.1. The number of nitrogens with zero attached hydrogens (tertiary/aromatic N) is 2. The predicted octanol–water partition coefficient (Wildman–Crippen LogP) is 3.05. The first-order valence-corrected chi connectivity index (χ1v) is 14.4. The van der Waals surface area contributed by atoms with Crippen LogP contribution in [-0.4, -0.2) is 59.5 Å². The van der Waals surface area contributed by atoms with Gasteiger partial charge in [-0.15, -0.1) is 0 Å². The van der Waals surface area contributed by atoms with E-state index in [-0.39, 0.29) is 38.8 Å². The Labute approximate surface area is 218 Å². The van der Waals surface area contributed by atoms with E-state index < -0.39 is 27.7 Å². The number of amides is 3. The average Bonchev–Trinajstić information content (AvgIpc) is 3.41. The monoisotopic (exact) mass is 541 g/mol. The predicted molar refractivity (Wildman–Crippen MR) is 144 cm³/mol. The van der Waals surface area contributed by atoms with Gasteiger partial charge in [-0.3, -0.25) is 24.2 Å². The van der Waals surface area contributed by atoms with E-state index in [1.54, 1.807) is 30.3 Å². The van der Waals surface area contributed by atoms with Gasteiger partial charge in [0.25, 0.3) is 11.8 Å². The molecule has 11 heteroatoms. The highest BCUT2D eigenvalue weighted by Gasteiger charge is 2.46. The van der Waals surface area contributed by atoms with Crippen LogP contribution in [0.15, 0.2) is 47.4 Å². The molecule has 1 unspecified atom stereocenters. The van der Waals surface area contributed by atoms with Crippen molar-refractivity contribution < 1.29 is 22.8 Å². The maximum absolute atomic E-state index is 13.6. The normalized spacial score (nSPS) is 22.9. The smallest absolute Gasteiger partial charge is 0.267 e. The minimum absolute atomic E-state index is 0.00575. The molecule has 36 heavy (non-hydrogen) atoms. The van der Waals surface area contributed by atoms with Gasteiger partial charge >= 0.3 is 0 Å². The van der Waals surface area contributed by atoms with Gasteiger partial charge in [-0.2, -0.15) is 0 Å². The molecule has 1 N–H and O–H groups in total. The largest absolute Gasteiger partial charge is 0.325 e. The summed E-state index contributed by atoms with van der Waals surface area (Å²) < 4.78 is 24.2. The molecule has 3 aliphatic heterocycles. The zero-order chi connectivity index (χ0) is 25.8. The highest BCUT2D eigenvalue weighted by Crippen LogP contribution is 2.45. The van der Waals surface area contributed by atoms with Gasteiger partial charge in [0, 0.05) is 11.3 Å². The SMILES string of the molecule is Cc1ccc(NC(=O)CN2C(=O)/C(=C3\SC(=S)N(C4CCS(=O)(=O)C4)C3=O)c3ccccc32)cc1C. The number of para-hydroxylation sites is 1. The van der Waals surface area contributed by atoms with Crippen LogP contribution in [0.4, 0.5) is 11.4 Å². The second-order valence-electron chi connectivity index (χ2n) is 9.06. The number of aryl methyl sites for hydroxylation is 2. The fraction of sp³-hybridized carbons (Fsp3) is 0.280. The Balaban J connectivity index is 1.44. The van der Waals surface area contributed by atoms with Gasteiger partial charge < -0.3 is 5.32 Å². The summed E-state index contributed by atoms with van der Waals surface area (Å²) >= 11 is 6.43. The van der Waals surface area contributed by atoms with Crippen molar-refractivity contribution in [1.29, 1.82) is 0 Å². The molecule has 3 amide bonds. The maximum Gasteiger partial charge on any atom is 0.267 e. The number of thioether (sulfide) groups is 1. The van der Waals surface area contributed by atoms with Crippen molar-refractivity contribution in [3.63, 3.8) is 0 Å². The summed E-state index contributed by atoms with van der Waals surface area (Å²) in [5, 5.41) is 2.83. The van der Waals surface area contributed by atoms with Crippen LogP contribution in [0.5, 0.6) is 0 Å². The van der Waals surface area contributed by atoms with Crippen LogP contribution >= 0.6 is 24.0 Å². The Bertz CT molecular complexity index is 1480. The van der Waals surface area contributed by atoms with Crippen molar-refractivity contribution >= 4 is 72.8 Å². The molecule has 0 saturated carbocycles. The Hall–Kier alpha value is -3.02. The topological polar surface area (TPSA) is 104 Å². The molecule has 0 radical (unpaired) electrons. The summed E-state index contributed by atoms with van der Waals surface area (Å²) in [6.07, 6.45) is 0.312. The van der Waals surface area contributed by atoms with Gasteiger partial charge in [0.15, 0.2) is 9.84 Å². The van der Waals surface area contributed by atoms with Gasteiger partial charge in [0.2, 0.25) is 5.91 Å². The van der Waals surface area contributed by atoms with Crippen molar-refractivity contribution in [3.05, 3.63) is 64.1 Å². The number of fused-ring (bicyclic) bond motifs is 1.